The van der Waals surface area contributed by atoms with Crippen LogP contribution in [0.15, 0.2) is 30.3 Å². The molecule has 0 radical (unpaired) electrons. The molecule has 3 rings (SSSR count). The second kappa shape index (κ2) is 11.0. The number of hydrogen-bond donors (Lipinski definition) is 2. The number of carbonyl (C=O) groups excluding carboxylic acids is 3. The summed E-state index contributed by atoms with van der Waals surface area (Å²) in [5, 5.41) is 3.60. The zero-order valence-corrected chi connectivity index (χ0v) is 19.9. The average Bonchev–Trinajstić information content (AvgIpc) is 3.19. The van der Waals surface area contributed by atoms with Crippen molar-refractivity contribution in [2.75, 3.05) is 25.6 Å². The van der Waals surface area contributed by atoms with Crippen LogP contribution in [-0.2, 0) is 31.9 Å². The molecule has 0 aliphatic heterocycles. The highest BCUT2D eigenvalue weighted by molar-refractivity contribution is 7.16. The van der Waals surface area contributed by atoms with E-state index < -0.39 is 36.3 Å². The van der Waals surface area contributed by atoms with Crippen LogP contribution < -0.4 is 15.4 Å². The standard InChI is InChI=1S/C23H25F3N2O6S/c1-3-33-21(31)22(23(24,25)26,27-17(29)13-34-14-9-5-4-6-10-14)28-19-18(20(30)32-2)15-11-7-8-12-16(15)35-19/h4-6,9-10,28H,3,7-8,11-13H2,1-2H3,(H,27,29)/t22-/m1/s1. The number of thiophene rings is 1. The monoisotopic (exact) mass is 514 g/mol. The van der Waals surface area contributed by atoms with E-state index in [1.807, 2.05) is 0 Å². The third kappa shape index (κ3) is 5.69. The molecule has 1 aromatic heterocycles. The lowest BCUT2D eigenvalue weighted by Gasteiger charge is -2.35. The molecular formula is C23H25F3N2O6S. The fraction of sp³-hybridized carbons (Fsp3) is 0.435. The summed E-state index contributed by atoms with van der Waals surface area (Å²) in [6, 6.07) is 7.99. The first kappa shape index (κ1) is 26.3. The van der Waals surface area contributed by atoms with E-state index in [9.17, 15) is 27.6 Å². The minimum Gasteiger partial charge on any atom is -0.484 e. The fourth-order valence-electron chi connectivity index (χ4n) is 3.68. The summed E-state index contributed by atoms with van der Waals surface area (Å²) in [4.78, 5) is 38.6. The van der Waals surface area contributed by atoms with Gasteiger partial charge in [0.05, 0.1) is 19.3 Å². The number of halogens is 3. The molecule has 0 spiro atoms. The maximum Gasteiger partial charge on any atom is 0.441 e. The predicted molar refractivity (Wildman–Crippen MR) is 121 cm³/mol. The van der Waals surface area contributed by atoms with E-state index in [2.05, 4.69) is 5.32 Å². The van der Waals surface area contributed by atoms with Crippen molar-refractivity contribution in [3.05, 3.63) is 46.3 Å². The van der Waals surface area contributed by atoms with Crippen LogP contribution >= 0.6 is 11.3 Å². The molecule has 1 aromatic carbocycles. The van der Waals surface area contributed by atoms with Gasteiger partial charge >= 0.3 is 23.8 Å². The van der Waals surface area contributed by atoms with E-state index in [0.29, 0.717) is 18.4 Å². The summed E-state index contributed by atoms with van der Waals surface area (Å²) in [6.45, 7) is 0.163. The number of benzene rings is 1. The van der Waals surface area contributed by atoms with Gasteiger partial charge in [-0.15, -0.1) is 11.3 Å². The number of aryl methyl sites for hydroxylation is 1. The average molecular weight is 515 g/mol. The Morgan fingerprint density at radius 2 is 1.77 bits per heavy atom. The molecule has 0 saturated carbocycles. The second-order valence-electron chi connectivity index (χ2n) is 7.65. The summed E-state index contributed by atoms with van der Waals surface area (Å²) < 4.78 is 58.3. The smallest absolute Gasteiger partial charge is 0.441 e. The quantitative estimate of drug-likeness (QED) is 0.387. The fourth-order valence-corrected chi connectivity index (χ4v) is 5.02. The number of esters is 2. The third-order valence-corrected chi connectivity index (χ3v) is 6.52. The van der Waals surface area contributed by atoms with E-state index in [-0.39, 0.29) is 22.9 Å². The van der Waals surface area contributed by atoms with E-state index in [1.54, 1.807) is 23.5 Å². The van der Waals surface area contributed by atoms with Crippen LogP contribution in [0.3, 0.4) is 0 Å². The lowest BCUT2D eigenvalue weighted by atomic mass is 9.95. The first-order chi connectivity index (χ1) is 16.6. The number of para-hydroxylation sites is 1. The van der Waals surface area contributed by atoms with Crippen molar-refractivity contribution in [2.24, 2.45) is 0 Å². The largest absolute Gasteiger partial charge is 0.484 e. The molecule has 190 valence electrons. The Labute approximate surface area is 203 Å². The summed E-state index contributed by atoms with van der Waals surface area (Å²) in [5.74, 6) is -3.59. The summed E-state index contributed by atoms with van der Waals surface area (Å²) in [5.41, 5.74) is -3.18. The molecule has 0 saturated heterocycles. The van der Waals surface area contributed by atoms with Crippen molar-refractivity contribution in [3.8, 4) is 5.75 Å². The van der Waals surface area contributed by atoms with Crippen LogP contribution in [-0.4, -0.2) is 50.0 Å². The number of rotatable bonds is 9. The number of carbonyl (C=O) groups is 3. The number of nitrogens with one attached hydrogen (secondary N) is 2. The van der Waals surface area contributed by atoms with Gasteiger partial charge in [0, 0.05) is 4.88 Å². The van der Waals surface area contributed by atoms with Crippen LogP contribution in [0.4, 0.5) is 18.2 Å². The number of fused-ring (bicyclic) bond motifs is 1. The Balaban J connectivity index is 2.00. The molecule has 35 heavy (non-hydrogen) atoms. The van der Waals surface area contributed by atoms with Gasteiger partial charge in [-0.3, -0.25) is 4.79 Å². The lowest BCUT2D eigenvalue weighted by Crippen LogP contribution is -2.70. The number of hydrogen-bond acceptors (Lipinski definition) is 8. The van der Waals surface area contributed by atoms with Gasteiger partial charge in [0.1, 0.15) is 10.8 Å². The van der Waals surface area contributed by atoms with Crippen molar-refractivity contribution < 1.29 is 41.8 Å². The Kier molecular flexibility index (Phi) is 8.26. The zero-order valence-electron chi connectivity index (χ0n) is 19.1. The minimum absolute atomic E-state index is 0.0834. The number of amides is 1. The van der Waals surface area contributed by atoms with Crippen LogP contribution in [0, 0.1) is 0 Å². The van der Waals surface area contributed by atoms with E-state index in [4.69, 9.17) is 14.2 Å². The highest BCUT2D eigenvalue weighted by atomic mass is 32.1. The number of anilines is 1. The van der Waals surface area contributed by atoms with Crippen molar-refractivity contribution in [1.82, 2.24) is 5.32 Å². The molecule has 0 bridgehead atoms. The van der Waals surface area contributed by atoms with Crippen LogP contribution in [0.25, 0.3) is 0 Å². The second-order valence-corrected chi connectivity index (χ2v) is 8.75. The summed E-state index contributed by atoms with van der Waals surface area (Å²) in [6.07, 6.45) is -2.74. The molecule has 1 aliphatic carbocycles. The van der Waals surface area contributed by atoms with Gasteiger partial charge in [0.2, 0.25) is 0 Å². The summed E-state index contributed by atoms with van der Waals surface area (Å²) >= 11 is 0.919. The van der Waals surface area contributed by atoms with Crippen molar-refractivity contribution >= 4 is 34.2 Å². The topological polar surface area (TPSA) is 103 Å². The van der Waals surface area contributed by atoms with Crippen LogP contribution in [0.2, 0.25) is 0 Å². The van der Waals surface area contributed by atoms with Crippen molar-refractivity contribution in [1.29, 1.82) is 0 Å². The van der Waals surface area contributed by atoms with E-state index in [1.165, 1.54) is 19.1 Å². The van der Waals surface area contributed by atoms with Gasteiger partial charge in [-0.2, -0.15) is 13.2 Å². The molecule has 1 atom stereocenters. The normalized spacial score (nSPS) is 14.8. The van der Waals surface area contributed by atoms with Crippen molar-refractivity contribution in [2.45, 2.75) is 44.4 Å². The number of alkyl halides is 3. The highest BCUT2D eigenvalue weighted by Crippen LogP contribution is 2.42. The molecule has 0 fully saturated rings. The third-order valence-electron chi connectivity index (χ3n) is 5.31. The lowest BCUT2D eigenvalue weighted by molar-refractivity contribution is -0.208. The van der Waals surface area contributed by atoms with E-state index in [0.717, 1.165) is 36.2 Å². The zero-order chi connectivity index (χ0) is 25.6. The van der Waals surface area contributed by atoms with Gasteiger partial charge in [0.25, 0.3) is 5.91 Å². The van der Waals surface area contributed by atoms with Crippen molar-refractivity contribution in [3.63, 3.8) is 0 Å². The highest BCUT2D eigenvalue weighted by Gasteiger charge is 2.64. The van der Waals surface area contributed by atoms with Gasteiger partial charge in [-0.1, -0.05) is 18.2 Å². The molecule has 2 N–H and O–H groups in total. The Morgan fingerprint density at radius 1 is 1.09 bits per heavy atom. The van der Waals surface area contributed by atoms with Gasteiger partial charge < -0.3 is 24.8 Å². The number of methoxy groups -OCH3 is 1. The van der Waals surface area contributed by atoms with Crippen LogP contribution in [0.5, 0.6) is 5.75 Å². The predicted octanol–water partition coefficient (Wildman–Crippen LogP) is 3.84. The molecule has 8 nitrogen and oxygen atoms in total. The molecular weight excluding hydrogens is 489 g/mol. The van der Waals surface area contributed by atoms with Crippen LogP contribution in [0.1, 0.15) is 40.6 Å². The van der Waals surface area contributed by atoms with Gasteiger partial charge in [-0.05, 0) is 50.3 Å². The number of ether oxygens (including phenoxy) is 3. The molecule has 1 amide bonds. The van der Waals surface area contributed by atoms with Gasteiger partial charge in [-0.25, -0.2) is 9.59 Å². The maximum atomic E-state index is 14.5. The molecule has 2 aromatic rings. The summed E-state index contributed by atoms with van der Waals surface area (Å²) in [7, 11) is 1.12. The maximum absolute atomic E-state index is 14.5. The molecule has 12 heteroatoms. The molecule has 0 unspecified atom stereocenters. The Morgan fingerprint density at radius 3 is 2.40 bits per heavy atom. The van der Waals surface area contributed by atoms with E-state index >= 15 is 0 Å². The first-order valence-corrected chi connectivity index (χ1v) is 11.7. The Bertz CT molecular complexity index is 1070. The van der Waals surface area contributed by atoms with Gasteiger partial charge in [0.15, 0.2) is 6.61 Å². The molecule has 1 aliphatic rings. The Hall–Kier alpha value is -3.28. The minimum atomic E-state index is -5.35. The molecule has 1 heterocycles. The SMILES string of the molecule is CCOC(=O)[C@@](NC(=O)COc1ccccc1)(Nc1sc2c(c1C(=O)OC)CCCC2)C(F)(F)F. The first-order valence-electron chi connectivity index (χ1n) is 10.9.